The Morgan fingerprint density at radius 1 is 1.30 bits per heavy atom. The molecule has 1 N–H and O–H groups in total. The van der Waals surface area contributed by atoms with Crippen LogP contribution in [0.15, 0.2) is 18.3 Å². The molecule has 20 heavy (non-hydrogen) atoms. The van der Waals surface area contributed by atoms with Crippen molar-refractivity contribution in [3.8, 4) is 5.88 Å². The minimum Gasteiger partial charge on any atom is -0.481 e. The van der Waals surface area contributed by atoms with E-state index in [-0.39, 0.29) is 6.04 Å². The first-order valence-electron chi connectivity index (χ1n) is 6.97. The highest BCUT2D eigenvalue weighted by Crippen LogP contribution is 2.32. The van der Waals surface area contributed by atoms with Gasteiger partial charge in [-0.05, 0) is 38.3 Å². The summed E-state index contributed by atoms with van der Waals surface area (Å²) in [4.78, 5) is 10.6. The Labute approximate surface area is 123 Å². The summed E-state index contributed by atoms with van der Waals surface area (Å²) in [5.74, 6) is 0.641. The lowest BCUT2D eigenvalue weighted by molar-refractivity contribution is 0.397. The SMILES string of the molecule is CNC(c1ccc(OC)nc1)c1nc2c(s1)CCCC2. The maximum atomic E-state index is 5.11. The molecule has 0 saturated carbocycles. The van der Waals surface area contributed by atoms with Crippen LogP contribution in [0, 0.1) is 0 Å². The number of aromatic nitrogens is 2. The van der Waals surface area contributed by atoms with Crippen LogP contribution in [0.1, 0.15) is 40.0 Å². The molecule has 0 radical (unpaired) electrons. The van der Waals surface area contributed by atoms with Gasteiger partial charge < -0.3 is 10.1 Å². The van der Waals surface area contributed by atoms with Gasteiger partial charge in [0.05, 0.1) is 18.8 Å². The highest BCUT2D eigenvalue weighted by Gasteiger charge is 2.21. The third kappa shape index (κ3) is 2.55. The van der Waals surface area contributed by atoms with Crippen molar-refractivity contribution in [2.24, 2.45) is 0 Å². The lowest BCUT2D eigenvalue weighted by atomic mass is 10.0. The van der Waals surface area contributed by atoms with Crippen LogP contribution in [-0.4, -0.2) is 24.1 Å². The molecule has 0 aromatic carbocycles. The normalized spacial score (nSPS) is 15.7. The second kappa shape index (κ2) is 5.89. The predicted molar refractivity (Wildman–Crippen MR) is 80.4 cm³/mol. The number of aryl methyl sites for hydroxylation is 2. The lowest BCUT2D eigenvalue weighted by Crippen LogP contribution is -2.17. The number of rotatable bonds is 4. The number of hydrogen-bond donors (Lipinski definition) is 1. The van der Waals surface area contributed by atoms with Gasteiger partial charge in [0.1, 0.15) is 5.01 Å². The largest absolute Gasteiger partial charge is 0.481 e. The zero-order chi connectivity index (χ0) is 13.9. The van der Waals surface area contributed by atoms with Crippen molar-refractivity contribution in [1.82, 2.24) is 15.3 Å². The van der Waals surface area contributed by atoms with Crippen LogP contribution < -0.4 is 10.1 Å². The zero-order valence-corrected chi connectivity index (χ0v) is 12.7. The molecule has 5 heteroatoms. The average Bonchev–Trinajstić information content (AvgIpc) is 2.92. The molecule has 0 fully saturated rings. The van der Waals surface area contributed by atoms with Gasteiger partial charge in [0.25, 0.3) is 0 Å². The van der Waals surface area contributed by atoms with E-state index in [1.165, 1.54) is 29.8 Å². The van der Waals surface area contributed by atoms with E-state index < -0.39 is 0 Å². The average molecular weight is 289 g/mol. The number of ether oxygens (including phenoxy) is 1. The molecule has 1 aliphatic carbocycles. The van der Waals surface area contributed by atoms with E-state index in [4.69, 9.17) is 9.72 Å². The van der Waals surface area contributed by atoms with Crippen molar-refractivity contribution >= 4 is 11.3 Å². The van der Waals surface area contributed by atoms with Gasteiger partial charge in [-0.2, -0.15) is 0 Å². The lowest BCUT2D eigenvalue weighted by Gasteiger charge is -2.13. The summed E-state index contributed by atoms with van der Waals surface area (Å²) >= 11 is 1.84. The van der Waals surface area contributed by atoms with E-state index in [1.807, 2.05) is 36.7 Å². The minimum absolute atomic E-state index is 0.115. The van der Waals surface area contributed by atoms with Crippen molar-refractivity contribution < 1.29 is 4.74 Å². The van der Waals surface area contributed by atoms with Crippen molar-refractivity contribution in [2.75, 3.05) is 14.2 Å². The van der Waals surface area contributed by atoms with E-state index in [2.05, 4.69) is 10.3 Å². The first kappa shape index (κ1) is 13.5. The topological polar surface area (TPSA) is 47.0 Å². The fraction of sp³-hybridized carbons (Fsp3) is 0.467. The maximum Gasteiger partial charge on any atom is 0.212 e. The molecule has 0 amide bonds. The Balaban J connectivity index is 1.90. The van der Waals surface area contributed by atoms with E-state index in [0.29, 0.717) is 5.88 Å². The van der Waals surface area contributed by atoms with E-state index in [0.717, 1.165) is 17.0 Å². The second-order valence-electron chi connectivity index (χ2n) is 4.98. The molecule has 4 nitrogen and oxygen atoms in total. The number of nitrogens with zero attached hydrogens (tertiary/aromatic N) is 2. The number of methoxy groups -OCH3 is 1. The number of pyridine rings is 1. The van der Waals surface area contributed by atoms with Gasteiger partial charge in [0.15, 0.2) is 0 Å². The molecule has 1 aliphatic rings. The molecule has 0 bridgehead atoms. The van der Waals surface area contributed by atoms with Crippen molar-refractivity contribution in [3.05, 3.63) is 39.5 Å². The van der Waals surface area contributed by atoms with Crippen LogP contribution in [0.2, 0.25) is 0 Å². The van der Waals surface area contributed by atoms with Crippen LogP contribution >= 0.6 is 11.3 Å². The fourth-order valence-corrected chi connectivity index (χ4v) is 3.90. The quantitative estimate of drug-likeness (QED) is 0.940. The molecule has 0 saturated heterocycles. The van der Waals surface area contributed by atoms with Crippen molar-refractivity contribution in [1.29, 1.82) is 0 Å². The standard InChI is InChI=1S/C15H19N3OS/c1-16-14(10-7-8-13(19-2)17-9-10)15-18-11-5-3-4-6-12(11)20-15/h7-9,14,16H,3-6H2,1-2H3. The van der Waals surface area contributed by atoms with Crippen LogP contribution in [0.4, 0.5) is 0 Å². The molecular weight excluding hydrogens is 270 g/mol. The first-order valence-corrected chi connectivity index (χ1v) is 7.79. The summed E-state index contributed by atoms with van der Waals surface area (Å²) in [6.45, 7) is 0. The minimum atomic E-state index is 0.115. The number of hydrogen-bond acceptors (Lipinski definition) is 5. The number of nitrogens with one attached hydrogen (secondary N) is 1. The summed E-state index contributed by atoms with van der Waals surface area (Å²) in [5, 5.41) is 4.49. The Morgan fingerprint density at radius 3 is 2.80 bits per heavy atom. The van der Waals surface area contributed by atoms with Crippen LogP contribution in [-0.2, 0) is 12.8 Å². The Hall–Kier alpha value is -1.46. The van der Waals surface area contributed by atoms with Gasteiger partial charge in [-0.25, -0.2) is 9.97 Å². The summed E-state index contributed by atoms with van der Waals surface area (Å²) in [5.41, 5.74) is 2.43. The van der Waals surface area contributed by atoms with Gasteiger partial charge in [-0.15, -0.1) is 11.3 Å². The van der Waals surface area contributed by atoms with E-state index >= 15 is 0 Å². The maximum absolute atomic E-state index is 5.11. The first-order chi connectivity index (χ1) is 9.81. The molecule has 0 spiro atoms. The molecule has 1 atom stereocenters. The fourth-order valence-electron chi connectivity index (χ4n) is 2.61. The third-order valence-electron chi connectivity index (χ3n) is 3.70. The second-order valence-corrected chi connectivity index (χ2v) is 6.10. The number of fused-ring (bicyclic) bond motifs is 1. The molecular formula is C15H19N3OS. The van der Waals surface area contributed by atoms with Crippen LogP contribution in [0.25, 0.3) is 0 Å². The summed E-state index contributed by atoms with van der Waals surface area (Å²) in [6.07, 6.45) is 6.74. The molecule has 3 rings (SSSR count). The van der Waals surface area contributed by atoms with Gasteiger partial charge >= 0.3 is 0 Å². The van der Waals surface area contributed by atoms with Crippen LogP contribution in [0.3, 0.4) is 0 Å². The molecule has 2 aromatic rings. The van der Waals surface area contributed by atoms with Crippen LogP contribution in [0.5, 0.6) is 5.88 Å². The molecule has 106 valence electrons. The molecule has 2 aromatic heterocycles. The van der Waals surface area contributed by atoms with Crippen molar-refractivity contribution in [2.45, 2.75) is 31.7 Å². The van der Waals surface area contributed by atoms with Gasteiger partial charge in [0.2, 0.25) is 5.88 Å². The zero-order valence-electron chi connectivity index (χ0n) is 11.8. The third-order valence-corrected chi connectivity index (χ3v) is 4.92. The Bertz CT molecular complexity index is 556. The predicted octanol–water partition coefficient (Wildman–Crippen LogP) is 2.73. The Kier molecular flexibility index (Phi) is 3.98. The summed E-state index contributed by atoms with van der Waals surface area (Å²) in [7, 11) is 3.60. The van der Waals surface area contributed by atoms with E-state index in [1.54, 1.807) is 7.11 Å². The van der Waals surface area contributed by atoms with E-state index in [9.17, 15) is 0 Å². The van der Waals surface area contributed by atoms with Crippen molar-refractivity contribution in [3.63, 3.8) is 0 Å². The monoisotopic (exact) mass is 289 g/mol. The Morgan fingerprint density at radius 2 is 2.15 bits per heavy atom. The van der Waals surface area contributed by atoms with Gasteiger partial charge in [0, 0.05) is 17.1 Å². The molecule has 2 heterocycles. The summed E-state index contributed by atoms with van der Waals surface area (Å²) < 4.78 is 5.11. The molecule has 0 aliphatic heterocycles. The number of thiazole rings is 1. The highest BCUT2D eigenvalue weighted by molar-refractivity contribution is 7.11. The smallest absolute Gasteiger partial charge is 0.212 e. The van der Waals surface area contributed by atoms with Gasteiger partial charge in [-0.3, -0.25) is 0 Å². The summed E-state index contributed by atoms with van der Waals surface area (Å²) in [6, 6.07) is 4.06. The highest BCUT2D eigenvalue weighted by atomic mass is 32.1. The van der Waals surface area contributed by atoms with Gasteiger partial charge in [-0.1, -0.05) is 6.07 Å². The molecule has 1 unspecified atom stereocenters.